The second-order valence-electron chi connectivity index (χ2n) is 4.48. The fourth-order valence-electron chi connectivity index (χ4n) is 2.00. The van der Waals surface area contributed by atoms with Crippen molar-refractivity contribution in [3.05, 3.63) is 11.7 Å². The van der Waals surface area contributed by atoms with E-state index < -0.39 is 0 Å². The normalized spacial score (nSPS) is 33.2. The highest BCUT2D eigenvalue weighted by Crippen LogP contribution is 2.35. The number of aromatic nitrogens is 2. The third-order valence-corrected chi connectivity index (χ3v) is 3.14. The van der Waals surface area contributed by atoms with E-state index in [1.807, 2.05) is 0 Å². The number of hydrogen-bond acceptors (Lipinski definition) is 4. The lowest BCUT2D eigenvalue weighted by molar-refractivity contribution is 0.230. The highest BCUT2D eigenvalue weighted by atomic mass is 16.5. The fourth-order valence-corrected chi connectivity index (χ4v) is 2.00. The second kappa shape index (κ2) is 3.35. The molecule has 2 N–H and O–H groups in total. The summed E-state index contributed by atoms with van der Waals surface area (Å²) in [5.41, 5.74) is 5.93. The van der Waals surface area contributed by atoms with Gasteiger partial charge < -0.3 is 10.3 Å². The number of rotatable bonds is 1. The van der Waals surface area contributed by atoms with Gasteiger partial charge in [-0.3, -0.25) is 0 Å². The van der Waals surface area contributed by atoms with Gasteiger partial charge in [-0.1, -0.05) is 12.1 Å². The van der Waals surface area contributed by atoms with Crippen LogP contribution in [0.2, 0.25) is 0 Å². The van der Waals surface area contributed by atoms with Crippen molar-refractivity contribution in [3.8, 4) is 0 Å². The van der Waals surface area contributed by atoms with Crippen LogP contribution in [0.25, 0.3) is 0 Å². The summed E-state index contributed by atoms with van der Waals surface area (Å²) >= 11 is 0. The van der Waals surface area contributed by atoms with Crippen LogP contribution >= 0.6 is 0 Å². The molecule has 0 aliphatic heterocycles. The minimum atomic E-state index is -0.343. The van der Waals surface area contributed by atoms with Crippen molar-refractivity contribution in [2.75, 3.05) is 0 Å². The zero-order chi connectivity index (χ0) is 10.2. The maximum atomic E-state index is 6.27. The predicted molar refractivity (Wildman–Crippen MR) is 52.5 cm³/mol. The van der Waals surface area contributed by atoms with E-state index in [0.717, 1.165) is 31.6 Å². The molecule has 78 valence electrons. The maximum Gasteiger partial charge on any atom is 0.223 e. The minimum absolute atomic E-state index is 0.343. The molecule has 1 fully saturated rings. The van der Waals surface area contributed by atoms with Gasteiger partial charge in [0.2, 0.25) is 5.89 Å². The monoisotopic (exact) mass is 195 g/mol. The molecule has 14 heavy (non-hydrogen) atoms. The van der Waals surface area contributed by atoms with E-state index in [1.165, 1.54) is 0 Å². The van der Waals surface area contributed by atoms with Gasteiger partial charge in [0.05, 0.1) is 5.54 Å². The Morgan fingerprint density at radius 3 is 2.57 bits per heavy atom. The summed E-state index contributed by atoms with van der Waals surface area (Å²) in [5.74, 6) is 2.06. The van der Waals surface area contributed by atoms with Crippen LogP contribution in [0.5, 0.6) is 0 Å². The van der Waals surface area contributed by atoms with Crippen LogP contribution in [-0.4, -0.2) is 10.1 Å². The van der Waals surface area contributed by atoms with Gasteiger partial charge in [-0.05, 0) is 31.6 Å². The first-order valence-electron chi connectivity index (χ1n) is 5.20. The van der Waals surface area contributed by atoms with E-state index in [4.69, 9.17) is 10.3 Å². The third-order valence-electron chi connectivity index (χ3n) is 3.14. The highest BCUT2D eigenvalue weighted by Gasteiger charge is 2.35. The Balaban J connectivity index is 2.16. The summed E-state index contributed by atoms with van der Waals surface area (Å²) in [5, 5.41) is 3.93. The molecule has 0 saturated heterocycles. The highest BCUT2D eigenvalue weighted by molar-refractivity contribution is 5.05. The molecule has 1 aromatic heterocycles. The molecule has 2 rings (SSSR count). The molecule has 1 aliphatic carbocycles. The zero-order valence-corrected chi connectivity index (χ0v) is 8.79. The molecular weight excluding hydrogens is 178 g/mol. The van der Waals surface area contributed by atoms with Gasteiger partial charge in [-0.25, -0.2) is 0 Å². The first-order valence-corrected chi connectivity index (χ1v) is 5.20. The molecule has 0 atom stereocenters. The molecule has 1 aromatic rings. The quantitative estimate of drug-likeness (QED) is 0.741. The van der Waals surface area contributed by atoms with Crippen molar-refractivity contribution >= 4 is 0 Å². The van der Waals surface area contributed by atoms with Crippen LogP contribution in [0.4, 0.5) is 0 Å². The molecule has 0 spiro atoms. The van der Waals surface area contributed by atoms with Crippen LogP contribution in [-0.2, 0) is 5.54 Å². The smallest absolute Gasteiger partial charge is 0.223 e. The van der Waals surface area contributed by atoms with Crippen molar-refractivity contribution < 1.29 is 4.52 Å². The number of aryl methyl sites for hydroxylation is 1. The zero-order valence-electron chi connectivity index (χ0n) is 8.79. The largest absolute Gasteiger partial charge is 0.340 e. The van der Waals surface area contributed by atoms with Gasteiger partial charge in [0.25, 0.3) is 0 Å². The van der Waals surface area contributed by atoms with E-state index in [2.05, 4.69) is 17.1 Å². The standard InChI is InChI=1S/C10H17N3O/c1-7-3-5-10(11,6-4-7)9-12-8(2)14-13-9/h7H,3-6,11H2,1-2H3. The molecule has 0 radical (unpaired) electrons. The van der Waals surface area contributed by atoms with Crippen molar-refractivity contribution in [3.63, 3.8) is 0 Å². The lowest BCUT2D eigenvalue weighted by Crippen LogP contribution is -2.41. The van der Waals surface area contributed by atoms with Crippen molar-refractivity contribution in [2.45, 2.75) is 45.1 Å². The Morgan fingerprint density at radius 2 is 2.07 bits per heavy atom. The first-order chi connectivity index (χ1) is 6.60. The van der Waals surface area contributed by atoms with Gasteiger partial charge in [-0.2, -0.15) is 4.98 Å². The van der Waals surface area contributed by atoms with Gasteiger partial charge >= 0.3 is 0 Å². The molecule has 0 bridgehead atoms. The lowest BCUT2D eigenvalue weighted by atomic mass is 9.77. The molecular formula is C10H17N3O. The van der Waals surface area contributed by atoms with Gasteiger partial charge in [0, 0.05) is 6.92 Å². The maximum absolute atomic E-state index is 6.27. The molecule has 1 heterocycles. The molecule has 4 nitrogen and oxygen atoms in total. The second-order valence-corrected chi connectivity index (χ2v) is 4.48. The van der Waals surface area contributed by atoms with E-state index >= 15 is 0 Å². The Kier molecular flexibility index (Phi) is 2.31. The molecule has 0 unspecified atom stereocenters. The Morgan fingerprint density at radius 1 is 1.43 bits per heavy atom. The average molecular weight is 195 g/mol. The summed E-state index contributed by atoms with van der Waals surface area (Å²) < 4.78 is 4.97. The van der Waals surface area contributed by atoms with E-state index in [9.17, 15) is 0 Å². The van der Waals surface area contributed by atoms with Gasteiger partial charge in [-0.15, -0.1) is 0 Å². The van der Waals surface area contributed by atoms with Crippen LogP contribution in [0, 0.1) is 12.8 Å². The van der Waals surface area contributed by atoms with Crippen molar-refractivity contribution in [2.24, 2.45) is 11.7 Å². The number of nitrogens with zero attached hydrogens (tertiary/aromatic N) is 2. The molecule has 1 saturated carbocycles. The molecule has 0 amide bonds. The summed E-state index contributed by atoms with van der Waals surface area (Å²) in [6.45, 7) is 4.06. The van der Waals surface area contributed by atoms with E-state index in [-0.39, 0.29) is 5.54 Å². The topological polar surface area (TPSA) is 64.9 Å². The molecule has 4 heteroatoms. The predicted octanol–water partition coefficient (Wildman–Crippen LogP) is 1.74. The van der Waals surface area contributed by atoms with E-state index in [1.54, 1.807) is 6.92 Å². The Hall–Kier alpha value is -0.900. The molecule has 1 aliphatic rings. The van der Waals surface area contributed by atoms with Crippen LogP contribution in [0.15, 0.2) is 4.52 Å². The van der Waals surface area contributed by atoms with Crippen LogP contribution < -0.4 is 5.73 Å². The SMILES string of the molecule is Cc1nc(C2(N)CCC(C)CC2)no1. The summed E-state index contributed by atoms with van der Waals surface area (Å²) in [7, 11) is 0. The summed E-state index contributed by atoms with van der Waals surface area (Å²) in [4.78, 5) is 4.23. The lowest BCUT2D eigenvalue weighted by Gasteiger charge is -2.33. The number of nitrogens with two attached hydrogens (primary N) is 1. The number of hydrogen-bond donors (Lipinski definition) is 1. The van der Waals surface area contributed by atoms with Crippen molar-refractivity contribution in [1.82, 2.24) is 10.1 Å². The Bertz CT molecular complexity index is 313. The fraction of sp³-hybridized carbons (Fsp3) is 0.800. The van der Waals surface area contributed by atoms with Gasteiger partial charge in [0.1, 0.15) is 0 Å². The first kappa shape index (κ1) is 9.65. The van der Waals surface area contributed by atoms with Crippen LogP contribution in [0.1, 0.15) is 44.3 Å². The average Bonchev–Trinajstić information content (AvgIpc) is 2.58. The van der Waals surface area contributed by atoms with Gasteiger partial charge in [0.15, 0.2) is 5.82 Å². The summed E-state index contributed by atoms with van der Waals surface area (Å²) in [6, 6.07) is 0. The Labute approximate surface area is 83.9 Å². The van der Waals surface area contributed by atoms with E-state index in [0.29, 0.717) is 11.7 Å². The van der Waals surface area contributed by atoms with Crippen LogP contribution in [0.3, 0.4) is 0 Å². The minimum Gasteiger partial charge on any atom is -0.340 e. The third kappa shape index (κ3) is 1.66. The molecule has 0 aromatic carbocycles. The van der Waals surface area contributed by atoms with Crippen molar-refractivity contribution in [1.29, 1.82) is 0 Å². The summed E-state index contributed by atoms with van der Waals surface area (Å²) in [6.07, 6.45) is 4.24.